The molecular formula is C18H13F3N2O2S2. The van der Waals surface area contributed by atoms with E-state index in [9.17, 15) is 18.0 Å². The summed E-state index contributed by atoms with van der Waals surface area (Å²) in [6.45, 7) is -2.95. The minimum absolute atomic E-state index is 0.00536. The van der Waals surface area contributed by atoms with Gasteiger partial charge in [0.25, 0.3) is 0 Å². The molecule has 0 aliphatic heterocycles. The average molecular weight is 410 g/mol. The minimum atomic E-state index is -2.95. The number of aromatic nitrogens is 1. The van der Waals surface area contributed by atoms with Gasteiger partial charge in [0.1, 0.15) is 11.6 Å². The highest BCUT2D eigenvalue weighted by Gasteiger charge is 2.14. The van der Waals surface area contributed by atoms with Gasteiger partial charge in [-0.15, -0.1) is 23.1 Å². The van der Waals surface area contributed by atoms with Crippen LogP contribution in [-0.4, -0.2) is 23.3 Å². The molecule has 0 aliphatic carbocycles. The number of nitrogens with one attached hydrogen (secondary N) is 1. The number of hydrogen-bond acceptors (Lipinski definition) is 5. The van der Waals surface area contributed by atoms with Crippen LogP contribution in [0.1, 0.15) is 0 Å². The van der Waals surface area contributed by atoms with Crippen LogP contribution in [-0.2, 0) is 4.79 Å². The second kappa shape index (κ2) is 8.92. The average Bonchev–Trinajstić information content (AvgIpc) is 3.09. The van der Waals surface area contributed by atoms with E-state index in [1.807, 2.05) is 0 Å². The van der Waals surface area contributed by atoms with Gasteiger partial charge >= 0.3 is 6.61 Å². The van der Waals surface area contributed by atoms with Gasteiger partial charge in [-0.05, 0) is 24.3 Å². The second-order valence-electron chi connectivity index (χ2n) is 5.18. The van der Waals surface area contributed by atoms with Crippen molar-refractivity contribution < 1.29 is 22.7 Å². The molecule has 0 unspecified atom stereocenters. The predicted molar refractivity (Wildman–Crippen MR) is 99.9 cm³/mol. The van der Waals surface area contributed by atoms with Gasteiger partial charge in [-0.3, -0.25) is 4.79 Å². The van der Waals surface area contributed by atoms with Crippen LogP contribution >= 0.6 is 23.1 Å². The first-order valence-corrected chi connectivity index (χ1v) is 9.56. The normalized spacial score (nSPS) is 10.8. The van der Waals surface area contributed by atoms with Crippen molar-refractivity contribution in [2.24, 2.45) is 0 Å². The number of thioether (sulfide) groups is 1. The highest BCUT2D eigenvalue weighted by atomic mass is 32.2. The maximum absolute atomic E-state index is 13.6. The zero-order valence-corrected chi connectivity index (χ0v) is 15.3. The molecule has 4 nitrogen and oxygen atoms in total. The summed E-state index contributed by atoms with van der Waals surface area (Å²) in [4.78, 5) is 16.7. The van der Waals surface area contributed by atoms with E-state index >= 15 is 0 Å². The molecule has 2 aromatic carbocycles. The summed E-state index contributed by atoms with van der Waals surface area (Å²) in [7, 11) is 0. The number of carbonyl (C=O) groups excluding carboxylic acids is 1. The molecule has 0 bridgehead atoms. The molecule has 0 radical (unpaired) electrons. The number of halogens is 3. The Balaban J connectivity index is 1.64. The van der Waals surface area contributed by atoms with Crippen LogP contribution in [0.3, 0.4) is 0 Å². The number of ether oxygens (including phenoxy) is 1. The minimum Gasteiger partial charge on any atom is -0.434 e. The summed E-state index contributed by atoms with van der Waals surface area (Å²) < 4.78 is 43.1. The largest absolute Gasteiger partial charge is 0.434 e. The molecule has 1 amide bonds. The van der Waals surface area contributed by atoms with Gasteiger partial charge in [0.05, 0.1) is 11.4 Å². The molecule has 1 heterocycles. The lowest BCUT2D eigenvalue weighted by Gasteiger charge is -2.08. The summed E-state index contributed by atoms with van der Waals surface area (Å²) in [5.74, 6) is -0.712. The Morgan fingerprint density at radius 3 is 2.70 bits per heavy atom. The third-order valence-corrected chi connectivity index (χ3v) is 5.13. The van der Waals surface area contributed by atoms with E-state index in [0.29, 0.717) is 21.3 Å². The zero-order chi connectivity index (χ0) is 19.2. The molecule has 0 aliphatic rings. The first-order chi connectivity index (χ1) is 13.0. The Labute approximate surface area is 161 Å². The molecule has 3 aromatic rings. The van der Waals surface area contributed by atoms with Crippen molar-refractivity contribution in [2.45, 2.75) is 11.5 Å². The second-order valence-corrected chi connectivity index (χ2v) is 7.06. The molecule has 0 spiro atoms. The zero-order valence-electron chi connectivity index (χ0n) is 13.7. The van der Waals surface area contributed by atoms with E-state index in [1.54, 1.807) is 41.8 Å². The van der Waals surface area contributed by atoms with Gasteiger partial charge < -0.3 is 10.1 Å². The molecule has 0 saturated heterocycles. The number of rotatable bonds is 7. The molecule has 0 saturated carbocycles. The van der Waals surface area contributed by atoms with E-state index in [1.165, 1.54) is 12.1 Å². The third-order valence-electron chi connectivity index (χ3n) is 3.33. The molecule has 1 N–H and O–H groups in total. The van der Waals surface area contributed by atoms with Crippen LogP contribution in [0, 0.1) is 5.82 Å². The molecule has 0 fully saturated rings. The van der Waals surface area contributed by atoms with Crippen LogP contribution in [0.15, 0.2) is 58.8 Å². The fraction of sp³-hybridized carbons (Fsp3) is 0.111. The Hall–Kier alpha value is -2.52. The highest BCUT2D eigenvalue weighted by molar-refractivity contribution is 8.00. The fourth-order valence-electron chi connectivity index (χ4n) is 2.19. The fourth-order valence-corrected chi connectivity index (χ4v) is 3.66. The number of carbonyl (C=O) groups is 1. The monoisotopic (exact) mass is 410 g/mol. The number of alkyl halides is 2. The number of amides is 1. The maximum atomic E-state index is 13.6. The van der Waals surface area contributed by atoms with Gasteiger partial charge in [-0.2, -0.15) is 8.78 Å². The quantitative estimate of drug-likeness (QED) is 0.539. The highest BCUT2D eigenvalue weighted by Crippen LogP contribution is 2.33. The first kappa shape index (κ1) is 19.2. The van der Waals surface area contributed by atoms with E-state index in [0.717, 1.165) is 23.1 Å². The SMILES string of the molecule is O=C(CSc1ccccc1F)Nc1nc(-c2ccccc2OC(F)F)cs1. The van der Waals surface area contributed by atoms with Crippen LogP contribution < -0.4 is 10.1 Å². The van der Waals surface area contributed by atoms with Gasteiger partial charge in [-0.1, -0.05) is 24.3 Å². The summed E-state index contributed by atoms with van der Waals surface area (Å²) in [6, 6.07) is 12.5. The van der Waals surface area contributed by atoms with Crippen LogP contribution in [0.5, 0.6) is 5.75 Å². The number of para-hydroxylation sites is 1. The molecule has 3 rings (SSSR count). The Morgan fingerprint density at radius 1 is 1.19 bits per heavy atom. The smallest absolute Gasteiger partial charge is 0.387 e. The Morgan fingerprint density at radius 2 is 1.93 bits per heavy atom. The summed E-state index contributed by atoms with van der Waals surface area (Å²) in [6.07, 6.45) is 0. The Bertz CT molecular complexity index is 934. The summed E-state index contributed by atoms with van der Waals surface area (Å²) in [5.41, 5.74) is 0.809. The molecule has 9 heteroatoms. The lowest BCUT2D eigenvalue weighted by atomic mass is 10.1. The number of benzene rings is 2. The number of anilines is 1. The van der Waals surface area contributed by atoms with E-state index in [4.69, 9.17) is 0 Å². The molecule has 140 valence electrons. The number of hydrogen-bond donors (Lipinski definition) is 1. The van der Waals surface area contributed by atoms with Crippen molar-refractivity contribution in [3.8, 4) is 17.0 Å². The standard InChI is InChI=1S/C18H13F3N2O2S2/c19-12-6-2-4-8-15(12)26-10-16(24)23-18-22-13(9-27-18)11-5-1-3-7-14(11)25-17(20)21/h1-9,17H,10H2,(H,22,23,24). The van der Waals surface area contributed by atoms with Crippen molar-refractivity contribution in [1.29, 1.82) is 0 Å². The lowest BCUT2D eigenvalue weighted by molar-refractivity contribution is -0.113. The van der Waals surface area contributed by atoms with Gasteiger partial charge in [0.15, 0.2) is 5.13 Å². The lowest BCUT2D eigenvalue weighted by Crippen LogP contribution is -2.13. The van der Waals surface area contributed by atoms with Crippen molar-refractivity contribution in [2.75, 3.05) is 11.1 Å². The third kappa shape index (κ3) is 5.24. The van der Waals surface area contributed by atoms with Crippen molar-refractivity contribution in [3.63, 3.8) is 0 Å². The van der Waals surface area contributed by atoms with E-state index in [2.05, 4.69) is 15.0 Å². The van der Waals surface area contributed by atoms with Crippen LogP contribution in [0.25, 0.3) is 11.3 Å². The first-order valence-electron chi connectivity index (χ1n) is 7.70. The molecule has 1 aromatic heterocycles. The van der Waals surface area contributed by atoms with Gasteiger partial charge in [0, 0.05) is 15.8 Å². The van der Waals surface area contributed by atoms with Gasteiger partial charge in [-0.25, -0.2) is 9.37 Å². The van der Waals surface area contributed by atoms with Crippen LogP contribution in [0.2, 0.25) is 0 Å². The van der Waals surface area contributed by atoms with Crippen molar-refractivity contribution in [3.05, 3.63) is 59.7 Å². The van der Waals surface area contributed by atoms with Crippen LogP contribution in [0.4, 0.5) is 18.3 Å². The van der Waals surface area contributed by atoms with Crippen molar-refractivity contribution in [1.82, 2.24) is 4.98 Å². The van der Waals surface area contributed by atoms with E-state index < -0.39 is 6.61 Å². The molecule has 0 atom stereocenters. The predicted octanol–water partition coefficient (Wildman–Crippen LogP) is 5.28. The Kier molecular flexibility index (Phi) is 6.36. The summed E-state index contributed by atoms with van der Waals surface area (Å²) >= 11 is 2.23. The molecule has 27 heavy (non-hydrogen) atoms. The maximum Gasteiger partial charge on any atom is 0.387 e. The number of nitrogens with zero attached hydrogens (tertiary/aromatic N) is 1. The molecular weight excluding hydrogens is 397 g/mol. The summed E-state index contributed by atoms with van der Waals surface area (Å²) in [5, 5.41) is 4.57. The van der Waals surface area contributed by atoms with Gasteiger partial charge in [0.2, 0.25) is 5.91 Å². The topological polar surface area (TPSA) is 51.2 Å². The number of thiazole rings is 1. The van der Waals surface area contributed by atoms with Crippen molar-refractivity contribution >= 4 is 34.1 Å². The van der Waals surface area contributed by atoms with E-state index in [-0.39, 0.29) is 23.2 Å².